The molecule has 32 heavy (non-hydrogen) atoms. The molecule has 0 aliphatic carbocycles. The Morgan fingerprint density at radius 1 is 1.19 bits per heavy atom. The molecule has 0 saturated carbocycles. The number of fused-ring (bicyclic) bond motifs is 1. The van der Waals surface area contributed by atoms with Crippen LogP contribution in [0.1, 0.15) is 41.6 Å². The number of para-hydroxylation sites is 1. The lowest BCUT2D eigenvalue weighted by Crippen LogP contribution is -2.31. The van der Waals surface area contributed by atoms with Gasteiger partial charge in [-0.3, -0.25) is 9.78 Å². The molecule has 4 heterocycles. The zero-order chi connectivity index (χ0) is 21.9. The third kappa shape index (κ3) is 4.31. The summed E-state index contributed by atoms with van der Waals surface area (Å²) in [7, 11) is 0. The zero-order valence-electron chi connectivity index (χ0n) is 17.9. The number of anilines is 2. The van der Waals surface area contributed by atoms with Crippen molar-refractivity contribution in [2.75, 3.05) is 11.9 Å². The minimum absolute atomic E-state index is 0.0445. The van der Waals surface area contributed by atoms with Gasteiger partial charge in [-0.05, 0) is 43.5 Å². The molecule has 0 radical (unpaired) electrons. The average Bonchev–Trinajstić information content (AvgIpc) is 3.46. The lowest BCUT2D eigenvalue weighted by atomic mass is 10.1. The van der Waals surface area contributed by atoms with Crippen molar-refractivity contribution >= 4 is 39.1 Å². The van der Waals surface area contributed by atoms with Crippen LogP contribution in [0.25, 0.3) is 10.2 Å². The van der Waals surface area contributed by atoms with Gasteiger partial charge in [0.05, 0.1) is 39.4 Å². The van der Waals surface area contributed by atoms with Gasteiger partial charge >= 0.3 is 0 Å². The van der Waals surface area contributed by atoms with Crippen LogP contribution in [0.15, 0.2) is 55.0 Å². The summed E-state index contributed by atoms with van der Waals surface area (Å²) in [4.78, 5) is 33.2. The third-order valence-corrected chi connectivity index (χ3v) is 6.81. The van der Waals surface area contributed by atoms with Crippen LogP contribution in [0, 0.1) is 6.92 Å². The largest absolute Gasteiger partial charge is 0.334 e. The van der Waals surface area contributed by atoms with E-state index in [9.17, 15) is 4.79 Å². The van der Waals surface area contributed by atoms with Gasteiger partial charge in [-0.25, -0.2) is 15.0 Å². The number of aromatic nitrogens is 4. The van der Waals surface area contributed by atoms with Gasteiger partial charge in [0.2, 0.25) is 5.91 Å². The Hall–Kier alpha value is -3.39. The lowest BCUT2D eigenvalue weighted by molar-refractivity contribution is -0.132. The molecule has 0 unspecified atom stereocenters. The number of likely N-dealkylation sites (tertiary alicyclic amines) is 1. The standard InChI is InChI=1S/C24H24N6OS/c1-16-6-4-12-26-24(16)29-21-15-25-14-18(27-21)19-8-5-13-30(19)23(31)11-10-22-28-17-7-2-3-9-20(17)32-22/h2-4,6-7,9,12,14-15,19H,5,8,10-11,13H2,1H3,(H,26,27,29)/t19-/m1/s1. The van der Waals surface area contributed by atoms with Crippen LogP contribution in [-0.2, 0) is 11.2 Å². The number of carbonyl (C=O) groups is 1. The van der Waals surface area contributed by atoms with Crippen molar-refractivity contribution in [2.24, 2.45) is 0 Å². The fourth-order valence-electron chi connectivity index (χ4n) is 4.10. The molecule has 1 aliphatic heterocycles. The molecule has 1 aliphatic rings. The molecule has 1 saturated heterocycles. The Kier molecular flexibility index (Phi) is 5.77. The van der Waals surface area contributed by atoms with Crippen molar-refractivity contribution in [2.45, 2.75) is 38.6 Å². The van der Waals surface area contributed by atoms with Gasteiger partial charge in [-0.15, -0.1) is 11.3 Å². The second-order valence-corrected chi connectivity index (χ2v) is 9.06. The molecule has 5 rings (SSSR count). The summed E-state index contributed by atoms with van der Waals surface area (Å²) in [5.41, 5.74) is 2.85. The summed E-state index contributed by atoms with van der Waals surface area (Å²) in [6, 6.07) is 11.9. The molecule has 1 N–H and O–H groups in total. The number of rotatable bonds is 6. The maximum Gasteiger partial charge on any atom is 0.223 e. The van der Waals surface area contributed by atoms with Crippen LogP contribution in [0.3, 0.4) is 0 Å². The number of nitrogens with zero attached hydrogens (tertiary/aromatic N) is 5. The van der Waals surface area contributed by atoms with Crippen LogP contribution < -0.4 is 5.32 Å². The summed E-state index contributed by atoms with van der Waals surface area (Å²) in [5.74, 6) is 1.54. The number of thiazole rings is 1. The van der Waals surface area contributed by atoms with E-state index in [4.69, 9.17) is 4.98 Å². The molecule has 1 atom stereocenters. The Morgan fingerprint density at radius 2 is 2.09 bits per heavy atom. The van der Waals surface area contributed by atoms with E-state index >= 15 is 0 Å². The average molecular weight is 445 g/mol. The molecule has 3 aromatic heterocycles. The SMILES string of the molecule is Cc1cccnc1Nc1cncc([C@H]2CCCN2C(=O)CCc2nc3ccccc3s2)n1. The Balaban J connectivity index is 1.27. The quantitative estimate of drug-likeness (QED) is 0.459. The molecular weight excluding hydrogens is 420 g/mol. The number of hydrogen-bond donors (Lipinski definition) is 1. The van der Waals surface area contributed by atoms with Crippen molar-refractivity contribution in [3.63, 3.8) is 0 Å². The first-order valence-corrected chi connectivity index (χ1v) is 11.6. The first-order valence-electron chi connectivity index (χ1n) is 10.8. The molecule has 0 bridgehead atoms. The number of carbonyl (C=O) groups excluding carboxylic acids is 1. The molecule has 7 nitrogen and oxygen atoms in total. The normalized spacial score (nSPS) is 15.9. The predicted molar refractivity (Wildman–Crippen MR) is 126 cm³/mol. The monoisotopic (exact) mass is 444 g/mol. The summed E-state index contributed by atoms with van der Waals surface area (Å²) >= 11 is 1.66. The maximum atomic E-state index is 13.1. The smallest absolute Gasteiger partial charge is 0.223 e. The highest BCUT2D eigenvalue weighted by Crippen LogP contribution is 2.32. The van der Waals surface area contributed by atoms with Gasteiger partial charge in [-0.2, -0.15) is 0 Å². The lowest BCUT2D eigenvalue weighted by Gasteiger charge is -2.24. The minimum atomic E-state index is -0.0445. The summed E-state index contributed by atoms with van der Waals surface area (Å²) in [5, 5.41) is 4.25. The van der Waals surface area contributed by atoms with E-state index < -0.39 is 0 Å². The molecule has 1 aromatic carbocycles. The van der Waals surface area contributed by atoms with Gasteiger partial charge in [0, 0.05) is 25.6 Å². The molecule has 1 amide bonds. The van der Waals surface area contributed by atoms with Crippen molar-refractivity contribution < 1.29 is 4.79 Å². The van der Waals surface area contributed by atoms with Crippen molar-refractivity contribution in [1.29, 1.82) is 0 Å². The Labute approximate surface area is 190 Å². The first kappa shape index (κ1) is 20.5. The number of pyridine rings is 1. The number of aryl methyl sites for hydroxylation is 2. The molecule has 0 spiro atoms. The Bertz CT molecular complexity index is 1220. The number of amides is 1. The van der Waals surface area contributed by atoms with Crippen molar-refractivity contribution in [1.82, 2.24) is 24.8 Å². The molecule has 1 fully saturated rings. The summed E-state index contributed by atoms with van der Waals surface area (Å²) < 4.78 is 1.16. The number of hydrogen-bond acceptors (Lipinski definition) is 7. The topological polar surface area (TPSA) is 83.9 Å². The minimum Gasteiger partial charge on any atom is -0.334 e. The predicted octanol–water partition coefficient (Wildman–Crippen LogP) is 4.83. The van der Waals surface area contributed by atoms with E-state index in [1.807, 2.05) is 42.2 Å². The second kappa shape index (κ2) is 9.00. The van der Waals surface area contributed by atoms with Crippen LogP contribution in [-0.4, -0.2) is 37.3 Å². The summed E-state index contributed by atoms with van der Waals surface area (Å²) in [6.45, 7) is 2.75. The van der Waals surface area contributed by atoms with Gasteiger partial charge in [0.25, 0.3) is 0 Å². The third-order valence-electron chi connectivity index (χ3n) is 5.71. The van der Waals surface area contributed by atoms with E-state index in [0.29, 0.717) is 18.7 Å². The van der Waals surface area contributed by atoms with Crippen LogP contribution >= 0.6 is 11.3 Å². The highest BCUT2D eigenvalue weighted by molar-refractivity contribution is 7.18. The summed E-state index contributed by atoms with van der Waals surface area (Å²) in [6.07, 6.45) is 8.17. The van der Waals surface area contributed by atoms with E-state index in [1.54, 1.807) is 29.9 Å². The fraction of sp³-hybridized carbons (Fsp3) is 0.292. The Morgan fingerprint density at radius 3 is 2.97 bits per heavy atom. The van der Waals surface area contributed by atoms with Gasteiger partial charge in [0.15, 0.2) is 0 Å². The molecular formula is C24H24N6OS. The van der Waals surface area contributed by atoms with Crippen LogP contribution in [0.5, 0.6) is 0 Å². The number of nitrogens with one attached hydrogen (secondary N) is 1. The first-order chi connectivity index (χ1) is 15.7. The van der Waals surface area contributed by atoms with E-state index in [0.717, 1.165) is 51.7 Å². The van der Waals surface area contributed by atoms with Crippen LogP contribution in [0.4, 0.5) is 11.6 Å². The van der Waals surface area contributed by atoms with Crippen molar-refractivity contribution in [3.05, 3.63) is 71.3 Å². The second-order valence-electron chi connectivity index (χ2n) is 7.94. The fourth-order valence-corrected chi connectivity index (χ4v) is 5.06. The van der Waals surface area contributed by atoms with Gasteiger partial charge in [0.1, 0.15) is 11.6 Å². The van der Waals surface area contributed by atoms with E-state index in [1.165, 1.54) is 0 Å². The van der Waals surface area contributed by atoms with Gasteiger partial charge < -0.3 is 10.2 Å². The molecule has 4 aromatic rings. The zero-order valence-corrected chi connectivity index (χ0v) is 18.7. The van der Waals surface area contributed by atoms with E-state index in [-0.39, 0.29) is 11.9 Å². The number of benzene rings is 1. The van der Waals surface area contributed by atoms with E-state index in [2.05, 4.69) is 26.3 Å². The van der Waals surface area contributed by atoms with Crippen molar-refractivity contribution in [3.8, 4) is 0 Å². The maximum absolute atomic E-state index is 13.1. The highest BCUT2D eigenvalue weighted by atomic mass is 32.1. The highest BCUT2D eigenvalue weighted by Gasteiger charge is 2.31. The molecule has 162 valence electrons. The van der Waals surface area contributed by atoms with Crippen LogP contribution in [0.2, 0.25) is 0 Å². The van der Waals surface area contributed by atoms with Gasteiger partial charge in [-0.1, -0.05) is 18.2 Å². The molecule has 8 heteroatoms.